The number of halogens is 4. The number of aromatic nitrogens is 2. The van der Waals surface area contributed by atoms with Gasteiger partial charge in [0.05, 0.1) is 23.6 Å². The molecule has 1 aromatic heterocycles. The van der Waals surface area contributed by atoms with Crippen molar-refractivity contribution in [3.8, 4) is 5.75 Å². The molecule has 1 amide bonds. The SMILES string of the molecule is Cc1nc2c3c(c(C(=O)N4CC(F)(F)C4)cc2n1C)CC[C@@H](c1ccc(F)cc1Cl)O3. The molecule has 0 bridgehead atoms. The van der Waals surface area contributed by atoms with Crippen LogP contribution in [0.3, 0.4) is 0 Å². The van der Waals surface area contributed by atoms with Crippen LogP contribution in [0.15, 0.2) is 24.3 Å². The van der Waals surface area contributed by atoms with Gasteiger partial charge in [0.2, 0.25) is 0 Å². The van der Waals surface area contributed by atoms with Gasteiger partial charge in [0.15, 0.2) is 5.75 Å². The zero-order chi connectivity index (χ0) is 22.1. The van der Waals surface area contributed by atoms with Crippen molar-refractivity contribution in [1.29, 1.82) is 0 Å². The average Bonchev–Trinajstić information content (AvgIpc) is 2.99. The van der Waals surface area contributed by atoms with Gasteiger partial charge in [0.25, 0.3) is 11.8 Å². The molecule has 2 aliphatic rings. The van der Waals surface area contributed by atoms with E-state index < -0.39 is 36.8 Å². The van der Waals surface area contributed by atoms with E-state index in [1.807, 2.05) is 18.5 Å². The van der Waals surface area contributed by atoms with Gasteiger partial charge in [-0.25, -0.2) is 18.2 Å². The number of alkyl halides is 2. The number of nitrogens with zero attached hydrogens (tertiary/aromatic N) is 3. The van der Waals surface area contributed by atoms with Crippen LogP contribution in [-0.4, -0.2) is 39.4 Å². The summed E-state index contributed by atoms with van der Waals surface area (Å²) in [5.41, 5.74) is 2.93. The quantitative estimate of drug-likeness (QED) is 0.563. The summed E-state index contributed by atoms with van der Waals surface area (Å²) in [6.45, 7) is 0.663. The van der Waals surface area contributed by atoms with Crippen LogP contribution in [0.4, 0.5) is 13.2 Å². The topological polar surface area (TPSA) is 47.4 Å². The van der Waals surface area contributed by atoms with Crippen LogP contribution < -0.4 is 4.74 Å². The Morgan fingerprint density at radius 3 is 2.71 bits per heavy atom. The molecule has 0 saturated carbocycles. The molecule has 1 saturated heterocycles. The van der Waals surface area contributed by atoms with Crippen molar-refractivity contribution in [3.05, 3.63) is 57.6 Å². The number of amides is 1. The van der Waals surface area contributed by atoms with Crippen molar-refractivity contribution in [3.63, 3.8) is 0 Å². The molecule has 0 unspecified atom stereocenters. The van der Waals surface area contributed by atoms with Crippen LogP contribution in [0.5, 0.6) is 5.75 Å². The number of ether oxygens (including phenoxy) is 1. The lowest BCUT2D eigenvalue weighted by molar-refractivity contribution is -0.113. The third-order valence-corrected chi connectivity index (χ3v) is 6.37. The number of hydrogen-bond acceptors (Lipinski definition) is 3. The Labute approximate surface area is 181 Å². The number of carbonyl (C=O) groups excluding carboxylic acids is 1. The number of likely N-dealkylation sites (tertiary alicyclic amines) is 1. The molecule has 1 fully saturated rings. The van der Waals surface area contributed by atoms with E-state index in [1.54, 1.807) is 12.1 Å². The Hall–Kier alpha value is -2.74. The van der Waals surface area contributed by atoms with E-state index in [0.29, 0.717) is 46.3 Å². The fourth-order valence-corrected chi connectivity index (χ4v) is 4.59. The summed E-state index contributed by atoms with van der Waals surface area (Å²) in [4.78, 5) is 18.8. The molecule has 162 valence electrons. The molecule has 31 heavy (non-hydrogen) atoms. The molecule has 0 aliphatic carbocycles. The van der Waals surface area contributed by atoms with Crippen molar-refractivity contribution < 1.29 is 22.7 Å². The van der Waals surface area contributed by atoms with Gasteiger partial charge >= 0.3 is 0 Å². The molecule has 0 N–H and O–H groups in total. The first-order valence-electron chi connectivity index (χ1n) is 9.92. The van der Waals surface area contributed by atoms with Crippen LogP contribution in [0.1, 0.15) is 39.8 Å². The predicted octanol–water partition coefficient (Wildman–Crippen LogP) is 4.83. The van der Waals surface area contributed by atoms with E-state index in [9.17, 15) is 18.0 Å². The summed E-state index contributed by atoms with van der Waals surface area (Å²) in [5.74, 6) is -2.54. The maximum Gasteiger partial charge on any atom is 0.282 e. The molecule has 5 nitrogen and oxygen atoms in total. The zero-order valence-electron chi connectivity index (χ0n) is 16.9. The van der Waals surface area contributed by atoms with Crippen molar-refractivity contribution in [2.75, 3.05) is 13.1 Å². The molecule has 0 spiro atoms. The number of carbonyl (C=O) groups is 1. The van der Waals surface area contributed by atoms with Gasteiger partial charge in [-0.2, -0.15) is 0 Å². The Morgan fingerprint density at radius 1 is 1.29 bits per heavy atom. The monoisotopic (exact) mass is 449 g/mol. The van der Waals surface area contributed by atoms with E-state index in [2.05, 4.69) is 4.98 Å². The molecular weight excluding hydrogens is 431 g/mol. The Bertz CT molecular complexity index is 1230. The lowest BCUT2D eigenvalue weighted by Crippen LogP contribution is -2.58. The third kappa shape index (κ3) is 3.24. The fraction of sp³-hybridized carbons (Fsp3) is 0.364. The normalized spacial score (nSPS) is 19.7. The molecule has 3 aromatic rings. The fourth-order valence-electron chi connectivity index (χ4n) is 4.30. The standard InChI is InChI=1S/C22H19ClF3N3O2/c1-11-27-19-17(28(11)2)8-15(21(30)29-9-22(25,26)10-29)13-5-6-18(31-20(13)19)14-4-3-12(24)7-16(14)23/h3-4,7-8,18H,5-6,9-10H2,1-2H3/t18-/m0/s1. The van der Waals surface area contributed by atoms with Crippen LogP contribution in [0.2, 0.25) is 5.02 Å². The summed E-state index contributed by atoms with van der Waals surface area (Å²) in [6, 6.07) is 5.86. The first-order valence-corrected chi connectivity index (χ1v) is 10.3. The maximum atomic E-state index is 13.5. The van der Waals surface area contributed by atoms with E-state index >= 15 is 0 Å². The number of imidazole rings is 1. The number of fused-ring (bicyclic) bond motifs is 3. The highest BCUT2D eigenvalue weighted by molar-refractivity contribution is 6.31. The largest absolute Gasteiger partial charge is 0.483 e. The number of aryl methyl sites for hydroxylation is 2. The second-order valence-electron chi connectivity index (χ2n) is 8.15. The van der Waals surface area contributed by atoms with Crippen molar-refractivity contribution in [1.82, 2.24) is 14.5 Å². The highest BCUT2D eigenvalue weighted by Gasteiger charge is 2.47. The Morgan fingerprint density at radius 2 is 2.03 bits per heavy atom. The van der Waals surface area contributed by atoms with Crippen LogP contribution in [0, 0.1) is 12.7 Å². The van der Waals surface area contributed by atoms with E-state index in [1.165, 1.54) is 12.1 Å². The minimum Gasteiger partial charge on any atom is -0.483 e. The molecule has 2 aliphatic heterocycles. The average molecular weight is 450 g/mol. The van der Waals surface area contributed by atoms with Gasteiger partial charge in [-0.15, -0.1) is 0 Å². The summed E-state index contributed by atoms with van der Waals surface area (Å²) in [6.07, 6.45) is 0.543. The van der Waals surface area contributed by atoms with Crippen molar-refractivity contribution in [2.24, 2.45) is 7.05 Å². The Kier molecular flexibility index (Phi) is 4.48. The van der Waals surface area contributed by atoms with Gasteiger partial charge in [-0.3, -0.25) is 4.79 Å². The smallest absolute Gasteiger partial charge is 0.282 e. The number of rotatable bonds is 2. The summed E-state index contributed by atoms with van der Waals surface area (Å²) in [5, 5.41) is 0.261. The lowest BCUT2D eigenvalue weighted by atomic mass is 9.92. The highest BCUT2D eigenvalue weighted by atomic mass is 35.5. The summed E-state index contributed by atoms with van der Waals surface area (Å²) >= 11 is 6.24. The molecule has 0 radical (unpaired) electrons. The zero-order valence-corrected chi connectivity index (χ0v) is 17.6. The van der Waals surface area contributed by atoms with Crippen molar-refractivity contribution >= 4 is 28.5 Å². The lowest BCUT2D eigenvalue weighted by Gasteiger charge is -2.39. The summed E-state index contributed by atoms with van der Waals surface area (Å²) < 4.78 is 48.3. The molecule has 9 heteroatoms. The molecule has 1 atom stereocenters. The van der Waals surface area contributed by atoms with Crippen molar-refractivity contribution in [2.45, 2.75) is 31.8 Å². The molecule has 5 rings (SSSR count). The number of benzene rings is 2. The molecule has 3 heterocycles. The first kappa shape index (κ1) is 20.2. The van der Waals surface area contributed by atoms with Gasteiger partial charge in [-0.1, -0.05) is 17.7 Å². The second kappa shape index (κ2) is 6.88. The van der Waals surface area contributed by atoms with Gasteiger partial charge < -0.3 is 14.2 Å². The predicted molar refractivity (Wildman–Crippen MR) is 109 cm³/mol. The van der Waals surface area contributed by atoms with Crippen LogP contribution >= 0.6 is 11.6 Å². The summed E-state index contributed by atoms with van der Waals surface area (Å²) in [7, 11) is 1.82. The first-order chi connectivity index (χ1) is 14.6. The van der Waals surface area contributed by atoms with E-state index in [0.717, 1.165) is 10.7 Å². The molecule has 2 aromatic carbocycles. The minimum absolute atomic E-state index is 0.261. The van der Waals surface area contributed by atoms with E-state index in [4.69, 9.17) is 16.3 Å². The second-order valence-corrected chi connectivity index (χ2v) is 8.55. The van der Waals surface area contributed by atoms with Gasteiger partial charge in [0, 0.05) is 23.7 Å². The minimum atomic E-state index is -2.84. The van der Waals surface area contributed by atoms with Crippen LogP contribution in [0.25, 0.3) is 11.0 Å². The van der Waals surface area contributed by atoms with Gasteiger partial charge in [0.1, 0.15) is 23.3 Å². The van der Waals surface area contributed by atoms with Crippen LogP contribution in [-0.2, 0) is 13.5 Å². The number of hydrogen-bond donors (Lipinski definition) is 0. The third-order valence-electron chi connectivity index (χ3n) is 6.05. The highest BCUT2D eigenvalue weighted by Crippen LogP contribution is 2.43. The Balaban J connectivity index is 1.61. The van der Waals surface area contributed by atoms with Gasteiger partial charge in [-0.05, 0) is 38.0 Å². The molecular formula is C22H19ClF3N3O2. The van der Waals surface area contributed by atoms with E-state index in [-0.39, 0.29) is 5.02 Å². The maximum absolute atomic E-state index is 13.5.